The van der Waals surface area contributed by atoms with Gasteiger partial charge in [-0.2, -0.15) is 16.9 Å². The lowest BCUT2D eigenvalue weighted by molar-refractivity contribution is -0.135. The molecular weight excluding hydrogens is 358 g/mol. The Morgan fingerprint density at radius 2 is 1.85 bits per heavy atom. The predicted molar refractivity (Wildman–Crippen MR) is 108 cm³/mol. The Kier molecular flexibility index (Phi) is 4.71. The molecule has 1 amide bonds. The molecule has 2 fully saturated rings. The van der Waals surface area contributed by atoms with Gasteiger partial charge in [-0.1, -0.05) is 0 Å². The fraction of sp³-hybridized carbons (Fsp3) is 0.650. The van der Waals surface area contributed by atoms with Crippen LogP contribution in [0.1, 0.15) is 36.9 Å². The molecule has 2 aromatic rings. The van der Waals surface area contributed by atoms with Gasteiger partial charge < -0.3 is 9.80 Å². The van der Waals surface area contributed by atoms with E-state index in [1.807, 2.05) is 28.7 Å². The third-order valence-corrected chi connectivity index (χ3v) is 7.21. The van der Waals surface area contributed by atoms with E-state index in [2.05, 4.69) is 9.80 Å². The smallest absolute Gasteiger partial charge is 0.225 e. The van der Waals surface area contributed by atoms with Gasteiger partial charge in [0.05, 0.1) is 5.69 Å². The second kappa shape index (κ2) is 7.34. The molecule has 7 heteroatoms. The highest BCUT2D eigenvalue weighted by molar-refractivity contribution is 7.99. The highest BCUT2D eigenvalue weighted by atomic mass is 32.2. The van der Waals surface area contributed by atoms with Crippen molar-refractivity contribution < 1.29 is 4.79 Å². The summed E-state index contributed by atoms with van der Waals surface area (Å²) in [7, 11) is 0. The van der Waals surface area contributed by atoms with E-state index in [1.54, 1.807) is 0 Å². The zero-order valence-corrected chi connectivity index (χ0v) is 16.6. The fourth-order valence-electron chi connectivity index (χ4n) is 4.76. The highest BCUT2D eigenvalue weighted by Gasteiger charge is 2.31. The minimum Gasteiger partial charge on any atom is -0.355 e. The normalized spacial score (nSPS) is 21.5. The van der Waals surface area contributed by atoms with Crippen LogP contribution in [-0.2, 0) is 17.6 Å². The van der Waals surface area contributed by atoms with Crippen molar-refractivity contribution in [1.29, 1.82) is 0 Å². The van der Waals surface area contributed by atoms with Crippen molar-refractivity contribution in [2.24, 2.45) is 5.92 Å². The molecule has 1 aliphatic carbocycles. The lowest BCUT2D eigenvalue weighted by Gasteiger charge is -2.36. The molecule has 0 aromatic carbocycles. The molecule has 0 radical (unpaired) electrons. The first-order valence-corrected chi connectivity index (χ1v) is 11.4. The van der Waals surface area contributed by atoms with Crippen molar-refractivity contribution in [3.63, 3.8) is 0 Å². The number of aryl methyl sites for hydroxylation is 2. The number of thioether (sulfide) groups is 1. The number of hydrogen-bond donors (Lipinski definition) is 0. The number of rotatable bonds is 2. The van der Waals surface area contributed by atoms with Crippen LogP contribution in [0.3, 0.4) is 0 Å². The average Bonchev–Trinajstić information content (AvgIpc) is 3.13. The third-order valence-electron chi connectivity index (χ3n) is 6.27. The molecule has 0 unspecified atom stereocenters. The van der Waals surface area contributed by atoms with Gasteiger partial charge in [0.1, 0.15) is 5.52 Å². The zero-order chi connectivity index (χ0) is 18.2. The molecule has 0 saturated carbocycles. The number of hydrogen-bond acceptors (Lipinski definition) is 5. The zero-order valence-electron chi connectivity index (χ0n) is 15.8. The Balaban J connectivity index is 1.34. The largest absolute Gasteiger partial charge is 0.355 e. The van der Waals surface area contributed by atoms with Crippen LogP contribution in [0.5, 0.6) is 0 Å². The summed E-state index contributed by atoms with van der Waals surface area (Å²) < 4.78 is 2.03. The number of piperidine rings is 1. The number of nitrogens with zero attached hydrogens (tertiary/aromatic N) is 5. The molecule has 6 nitrogen and oxygen atoms in total. The van der Waals surface area contributed by atoms with Crippen LogP contribution in [0, 0.1) is 5.92 Å². The van der Waals surface area contributed by atoms with Gasteiger partial charge in [0.25, 0.3) is 0 Å². The summed E-state index contributed by atoms with van der Waals surface area (Å²) in [6.45, 7) is 3.66. The summed E-state index contributed by atoms with van der Waals surface area (Å²) in [6.07, 6.45) is 10.4. The second-order valence-corrected chi connectivity index (χ2v) is 9.10. The van der Waals surface area contributed by atoms with E-state index in [1.165, 1.54) is 29.6 Å². The molecule has 4 heterocycles. The van der Waals surface area contributed by atoms with E-state index in [0.29, 0.717) is 5.91 Å². The van der Waals surface area contributed by atoms with E-state index in [0.717, 1.165) is 69.2 Å². The van der Waals surface area contributed by atoms with Crippen LogP contribution in [0.4, 0.5) is 5.82 Å². The Morgan fingerprint density at radius 1 is 1.07 bits per heavy atom. The van der Waals surface area contributed by atoms with Gasteiger partial charge >= 0.3 is 0 Å². The lowest BCUT2D eigenvalue weighted by atomic mass is 9.94. The van der Waals surface area contributed by atoms with Crippen molar-refractivity contribution >= 4 is 29.0 Å². The minimum absolute atomic E-state index is 0.183. The fourth-order valence-corrected chi connectivity index (χ4v) is 5.66. The van der Waals surface area contributed by atoms with Crippen molar-refractivity contribution in [3.8, 4) is 0 Å². The van der Waals surface area contributed by atoms with Gasteiger partial charge in [0, 0.05) is 61.6 Å². The minimum atomic E-state index is 0.183. The molecule has 0 spiro atoms. The number of aromatic nitrogens is 3. The van der Waals surface area contributed by atoms with E-state index in [9.17, 15) is 4.79 Å². The number of carbonyl (C=O) groups is 1. The summed E-state index contributed by atoms with van der Waals surface area (Å²) in [5, 5.41) is 4.80. The number of carbonyl (C=O) groups excluding carboxylic acids is 1. The molecule has 0 N–H and O–H groups in total. The molecule has 2 aromatic heterocycles. The van der Waals surface area contributed by atoms with Gasteiger partial charge in [-0.3, -0.25) is 4.79 Å². The number of amides is 1. The lowest BCUT2D eigenvalue weighted by Crippen LogP contribution is -2.45. The topological polar surface area (TPSA) is 53.7 Å². The van der Waals surface area contributed by atoms with Crippen LogP contribution in [0.15, 0.2) is 12.4 Å². The number of fused-ring (bicyclic) bond motifs is 3. The second-order valence-electron chi connectivity index (χ2n) is 7.88. The molecular formula is C20H27N5OS. The van der Waals surface area contributed by atoms with Gasteiger partial charge in [-0.15, -0.1) is 0 Å². The summed E-state index contributed by atoms with van der Waals surface area (Å²) >= 11 is 1.95. The van der Waals surface area contributed by atoms with E-state index in [-0.39, 0.29) is 5.92 Å². The SMILES string of the molecule is O=C(C1CCN(c2nccn3nc4c(c23)CCCC4)CC1)N1CCSCC1. The Bertz CT molecular complexity index is 836. The van der Waals surface area contributed by atoms with Gasteiger partial charge in [-0.05, 0) is 38.5 Å². The van der Waals surface area contributed by atoms with Crippen LogP contribution in [0.25, 0.3) is 5.52 Å². The van der Waals surface area contributed by atoms with Crippen LogP contribution in [-0.4, -0.2) is 63.1 Å². The number of anilines is 1. The quantitative estimate of drug-likeness (QED) is 0.795. The van der Waals surface area contributed by atoms with Crippen molar-refractivity contribution in [2.45, 2.75) is 38.5 Å². The standard InChI is InChI=1S/C20H27N5OS/c26-20(24-11-13-27-14-12-24)15-5-8-23(9-6-15)19-18-16-3-1-2-4-17(16)22-25(18)10-7-21-19/h7,10,15H,1-6,8-9,11-14H2. The van der Waals surface area contributed by atoms with E-state index >= 15 is 0 Å². The molecule has 5 rings (SSSR count). The summed E-state index contributed by atoms with van der Waals surface area (Å²) in [5.74, 6) is 3.80. The van der Waals surface area contributed by atoms with Crippen molar-refractivity contribution in [3.05, 3.63) is 23.7 Å². The summed E-state index contributed by atoms with van der Waals surface area (Å²) in [5.41, 5.74) is 3.85. The first kappa shape index (κ1) is 17.3. The van der Waals surface area contributed by atoms with E-state index in [4.69, 9.17) is 10.1 Å². The van der Waals surface area contributed by atoms with Crippen LogP contribution in [0.2, 0.25) is 0 Å². The predicted octanol–water partition coefficient (Wildman–Crippen LogP) is 2.40. The third kappa shape index (κ3) is 3.20. The van der Waals surface area contributed by atoms with Gasteiger partial charge in [0.2, 0.25) is 5.91 Å². The summed E-state index contributed by atoms with van der Waals surface area (Å²) in [4.78, 5) is 22.0. The Morgan fingerprint density at radius 3 is 2.67 bits per heavy atom. The van der Waals surface area contributed by atoms with Crippen molar-refractivity contribution in [1.82, 2.24) is 19.5 Å². The van der Waals surface area contributed by atoms with Gasteiger partial charge in [0.15, 0.2) is 5.82 Å². The molecule has 3 aliphatic rings. The Hall–Kier alpha value is -1.76. The molecule has 2 saturated heterocycles. The first-order chi connectivity index (χ1) is 13.3. The molecule has 144 valence electrons. The monoisotopic (exact) mass is 385 g/mol. The molecule has 27 heavy (non-hydrogen) atoms. The maximum absolute atomic E-state index is 12.8. The maximum Gasteiger partial charge on any atom is 0.225 e. The van der Waals surface area contributed by atoms with Gasteiger partial charge in [-0.25, -0.2) is 9.50 Å². The molecule has 2 aliphatic heterocycles. The Labute approximate surface area is 164 Å². The highest BCUT2D eigenvalue weighted by Crippen LogP contribution is 2.32. The average molecular weight is 386 g/mol. The van der Waals surface area contributed by atoms with Crippen LogP contribution >= 0.6 is 11.8 Å². The summed E-state index contributed by atoms with van der Waals surface area (Å²) in [6, 6.07) is 0. The van der Waals surface area contributed by atoms with E-state index < -0.39 is 0 Å². The molecule has 0 bridgehead atoms. The molecule has 0 atom stereocenters. The maximum atomic E-state index is 12.8. The van der Waals surface area contributed by atoms with Crippen LogP contribution < -0.4 is 4.90 Å². The first-order valence-electron chi connectivity index (χ1n) is 10.3. The van der Waals surface area contributed by atoms with Crippen molar-refractivity contribution in [2.75, 3.05) is 42.6 Å².